The van der Waals surface area contributed by atoms with Crippen LogP contribution in [0.1, 0.15) is 18.9 Å². The van der Waals surface area contributed by atoms with E-state index >= 15 is 0 Å². The molecule has 0 aromatic carbocycles. The molecule has 1 rings (SSSR count). The van der Waals surface area contributed by atoms with E-state index in [0.717, 1.165) is 24.3 Å². The number of nitrogens with one attached hydrogen (secondary N) is 1. The number of nitrogens with zero attached hydrogens (tertiary/aromatic N) is 1. The van der Waals surface area contributed by atoms with E-state index in [2.05, 4.69) is 17.2 Å². The Morgan fingerprint density at radius 2 is 1.95 bits per heavy atom. The van der Waals surface area contributed by atoms with E-state index in [1.54, 1.807) is 13.3 Å². The van der Waals surface area contributed by atoms with Gasteiger partial charge in [-0.15, -0.1) is 0 Å². The molecule has 1 aromatic heterocycles. The first-order valence-corrected chi connectivity index (χ1v) is 6.70. The van der Waals surface area contributed by atoms with Crippen molar-refractivity contribution in [2.24, 2.45) is 0 Å². The summed E-state index contributed by atoms with van der Waals surface area (Å²) in [4.78, 5) is 4.25. The molecule has 1 aromatic rings. The summed E-state index contributed by atoms with van der Waals surface area (Å²) in [5.74, 6) is 0.902. The molecule has 0 fully saturated rings. The molecule has 0 unspecified atom stereocenters. The first-order chi connectivity index (χ1) is 9.36. The van der Waals surface area contributed by atoms with Crippen molar-refractivity contribution in [3.63, 3.8) is 0 Å². The number of aromatic nitrogens is 1. The maximum absolute atomic E-state index is 5.54. The second-order valence-electron chi connectivity index (χ2n) is 4.13. The molecule has 5 nitrogen and oxygen atoms in total. The van der Waals surface area contributed by atoms with Crippen LogP contribution in [-0.4, -0.2) is 45.1 Å². The highest BCUT2D eigenvalue weighted by Gasteiger charge is 1.97. The van der Waals surface area contributed by atoms with Gasteiger partial charge in [-0.2, -0.15) is 0 Å². The minimum Gasteiger partial charge on any atom is -0.382 e. The van der Waals surface area contributed by atoms with Gasteiger partial charge < -0.3 is 19.5 Å². The van der Waals surface area contributed by atoms with E-state index in [0.29, 0.717) is 33.0 Å². The van der Waals surface area contributed by atoms with Gasteiger partial charge in [0.1, 0.15) is 5.82 Å². The Morgan fingerprint density at radius 1 is 1.16 bits per heavy atom. The molecule has 1 N–H and O–H groups in total. The summed E-state index contributed by atoms with van der Waals surface area (Å²) in [5.41, 5.74) is 1.12. The fraction of sp³-hybridized carbons (Fsp3) is 0.643. The van der Waals surface area contributed by atoms with Crippen molar-refractivity contribution < 1.29 is 14.2 Å². The van der Waals surface area contributed by atoms with Crippen LogP contribution in [0.3, 0.4) is 0 Å². The minimum atomic E-state index is 0.580. The Hall–Kier alpha value is -1.17. The predicted molar refractivity (Wildman–Crippen MR) is 75.4 cm³/mol. The molecule has 19 heavy (non-hydrogen) atoms. The highest BCUT2D eigenvalue weighted by molar-refractivity contribution is 5.37. The van der Waals surface area contributed by atoms with Crippen LogP contribution in [-0.2, 0) is 20.8 Å². The summed E-state index contributed by atoms with van der Waals surface area (Å²) in [6.07, 6.45) is 2.88. The van der Waals surface area contributed by atoms with Crippen LogP contribution in [0.25, 0.3) is 0 Å². The Kier molecular flexibility index (Phi) is 8.97. The van der Waals surface area contributed by atoms with Crippen LogP contribution in [0, 0.1) is 0 Å². The first-order valence-electron chi connectivity index (χ1n) is 6.70. The lowest BCUT2D eigenvalue weighted by Crippen LogP contribution is -2.08. The van der Waals surface area contributed by atoms with Gasteiger partial charge in [0, 0.05) is 19.9 Å². The lowest BCUT2D eigenvalue weighted by molar-refractivity contribution is 0.0199. The first kappa shape index (κ1) is 15.9. The molecule has 0 saturated carbocycles. The van der Waals surface area contributed by atoms with E-state index in [4.69, 9.17) is 14.2 Å². The maximum atomic E-state index is 5.54. The summed E-state index contributed by atoms with van der Waals surface area (Å²) in [6.45, 7) is 6.06. The predicted octanol–water partition coefficient (Wildman–Crippen LogP) is 2.08. The third-order valence-corrected chi connectivity index (χ3v) is 2.45. The van der Waals surface area contributed by atoms with Crippen LogP contribution >= 0.6 is 0 Å². The lowest BCUT2D eigenvalue weighted by atomic mass is 10.3. The number of ether oxygens (including phenoxy) is 3. The van der Waals surface area contributed by atoms with Crippen LogP contribution in [0.5, 0.6) is 0 Å². The van der Waals surface area contributed by atoms with E-state index < -0.39 is 0 Å². The number of pyridine rings is 1. The quantitative estimate of drug-likeness (QED) is 0.623. The fourth-order valence-electron chi connectivity index (χ4n) is 1.47. The van der Waals surface area contributed by atoms with Crippen molar-refractivity contribution in [3.05, 3.63) is 23.9 Å². The summed E-state index contributed by atoms with van der Waals surface area (Å²) in [7, 11) is 1.66. The standard InChI is InChI=1S/C14H24N2O3/c1-3-5-15-14-11-13(4-6-16-14)12-19-10-9-18-8-7-17-2/h4,6,11H,3,5,7-10,12H2,1-2H3,(H,15,16). The van der Waals surface area contributed by atoms with Crippen LogP contribution in [0.15, 0.2) is 18.3 Å². The molecular weight excluding hydrogens is 244 g/mol. The average molecular weight is 268 g/mol. The van der Waals surface area contributed by atoms with Crippen molar-refractivity contribution in [1.82, 2.24) is 4.98 Å². The van der Waals surface area contributed by atoms with Gasteiger partial charge in [-0.1, -0.05) is 6.92 Å². The van der Waals surface area contributed by atoms with Crippen molar-refractivity contribution in [3.8, 4) is 0 Å². The van der Waals surface area contributed by atoms with Gasteiger partial charge in [-0.3, -0.25) is 0 Å². The molecule has 5 heteroatoms. The Labute approximate surface area is 115 Å². The smallest absolute Gasteiger partial charge is 0.126 e. The van der Waals surface area contributed by atoms with Gasteiger partial charge in [0.05, 0.1) is 33.0 Å². The van der Waals surface area contributed by atoms with Crippen molar-refractivity contribution in [1.29, 1.82) is 0 Å². The molecular formula is C14H24N2O3. The highest BCUT2D eigenvalue weighted by atomic mass is 16.5. The largest absolute Gasteiger partial charge is 0.382 e. The molecule has 0 saturated heterocycles. The number of rotatable bonds is 11. The van der Waals surface area contributed by atoms with Crippen LogP contribution in [0.2, 0.25) is 0 Å². The van der Waals surface area contributed by atoms with Crippen LogP contribution < -0.4 is 5.32 Å². The van der Waals surface area contributed by atoms with E-state index in [1.807, 2.05) is 12.1 Å². The summed E-state index contributed by atoms with van der Waals surface area (Å²) in [5, 5.41) is 3.25. The maximum Gasteiger partial charge on any atom is 0.126 e. The molecule has 0 amide bonds. The second kappa shape index (κ2) is 10.7. The summed E-state index contributed by atoms with van der Waals surface area (Å²) >= 11 is 0. The molecule has 0 radical (unpaired) electrons. The van der Waals surface area contributed by atoms with Gasteiger partial charge in [-0.25, -0.2) is 4.98 Å². The number of hydrogen-bond donors (Lipinski definition) is 1. The lowest BCUT2D eigenvalue weighted by Gasteiger charge is -2.08. The molecule has 0 aliphatic rings. The molecule has 0 atom stereocenters. The Morgan fingerprint density at radius 3 is 2.74 bits per heavy atom. The molecule has 0 aliphatic carbocycles. The van der Waals surface area contributed by atoms with Gasteiger partial charge in [0.25, 0.3) is 0 Å². The van der Waals surface area contributed by atoms with E-state index in [1.165, 1.54) is 0 Å². The van der Waals surface area contributed by atoms with Crippen molar-refractivity contribution >= 4 is 5.82 Å². The fourth-order valence-corrected chi connectivity index (χ4v) is 1.47. The van der Waals surface area contributed by atoms with Gasteiger partial charge >= 0.3 is 0 Å². The van der Waals surface area contributed by atoms with Crippen molar-refractivity contribution in [2.45, 2.75) is 20.0 Å². The molecule has 0 aliphatic heterocycles. The third kappa shape index (κ3) is 7.77. The van der Waals surface area contributed by atoms with Crippen molar-refractivity contribution in [2.75, 3.05) is 45.4 Å². The number of hydrogen-bond acceptors (Lipinski definition) is 5. The third-order valence-electron chi connectivity index (χ3n) is 2.45. The zero-order chi connectivity index (χ0) is 13.8. The monoisotopic (exact) mass is 268 g/mol. The summed E-state index contributed by atoms with van der Waals surface area (Å²) in [6, 6.07) is 3.98. The SMILES string of the molecule is CCCNc1cc(COCCOCCOC)ccn1. The Balaban J connectivity index is 2.14. The zero-order valence-electron chi connectivity index (χ0n) is 11.9. The zero-order valence-corrected chi connectivity index (χ0v) is 11.9. The van der Waals surface area contributed by atoms with E-state index in [-0.39, 0.29) is 0 Å². The summed E-state index contributed by atoms with van der Waals surface area (Å²) < 4.78 is 15.7. The highest BCUT2D eigenvalue weighted by Crippen LogP contribution is 2.07. The molecule has 108 valence electrons. The average Bonchev–Trinajstić information content (AvgIpc) is 2.44. The Bertz CT molecular complexity index is 334. The van der Waals surface area contributed by atoms with Gasteiger partial charge in [0.15, 0.2) is 0 Å². The normalized spacial score (nSPS) is 10.6. The topological polar surface area (TPSA) is 52.6 Å². The number of anilines is 1. The number of methoxy groups -OCH3 is 1. The molecule has 0 bridgehead atoms. The van der Waals surface area contributed by atoms with Gasteiger partial charge in [-0.05, 0) is 24.1 Å². The molecule has 0 spiro atoms. The van der Waals surface area contributed by atoms with Gasteiger partial charge in [0.2, 0.25) is 0 Å². The molecule has 1 heterocycles. The second-order valence-corrected chi connectivity index (χ2v) is 4.13. The minimum absolute atomic E-state index is 0.580. The van der Waals surface area contributed by atoms with Crippen LogP contribution in [0.4, 0.5) is 5.82 Å². The van der Waals surface area contributed by atoms with E-state index in [9.17, 15) is 0 Å².